The third kappa shape index (κ3) is 3.72. The van der Waals surface area contributed by atoms with E-state index in [0.29, 0.717) is 6.42 Å². The van der Waals surface area contributed by atoms with E-state index in [1.54, 1.807) is 20.8 Å². The number of ether oxygens (including phenoxy) is 2. The smallest absolute Gasteiger partial charge is 0.408 e. The molecule has 0 aliphatic carbocycles. The Morgan fingerprint density at radius 3 is 2.44 bits per heavy atom. The van der Waals surface area contributed by atoms with Crippen molar-refractivity contribution in [2.75, 3.05) is 0 Å². The van der Waals surface area contributed by atoms with Gasteiger partial charge in [-0.3, -0.25) is 0 Å². The second kappa shape index (κ2) is 3.96. The van der Waals surface area contributed by atoms with Crippen LogP contribution < -0.4 is 5.32 Å². The summed E-state index contributed by atoms with van der Waals surface area (Å²) in [6.07, 6.45) is -0.127. The third-order valence-electron chi connectivity index (χ3n) is 2.05. The average Bonchev–Trinajstić information content (AvgIpc) is 2.19. The van der Waals surface area contributed by atoms with Gasteiger partial charge < -0.3 is 14.8 Å². The molecule has 0 saturated carbocycles. The van der Waals surface area contributed by atoms with Gasteiger partial charge in [-0.1, -0.05) is 0 Å². The fourth-order valence-corrected chi connectivity index (χ4v) is 1.52. The SMILES string of the molecule is CC(C)(C)OC(=O)N[C@@H]1CC(C)(C)OC1=O. The fourth-order valence-electron chi connectivity index (χ4n) is 1.52. The van der Waals surface area contributed by atoms with Crippen molar-refractivity contribution < 1.29 is 19.1 Å². The minimum atomic E-state index is -0.607. The zero-order valence-corrected chi connectivity index (χ0v) is 10.4. The number of esters is 1. The van der Waals surface area contributed by atoms with Crippen molar-refractivity contribution in [3.05, 3.63) is 0 Å². The first-order valence-electron chi connectivity index (χ1n) is 5.31. The van der Waals surface area contributed by atoms with Gasteiger partial charge in [0.15, 0.2) is 0 Å². The van der Waals surface area contributed by atoms with Crippen molar-refractivity contribution in [3.63, 3.8) is 0 Å². The summed E-state index contributed by atoms with van der Waals surface area (Å²) in [5, 5.41) is 2.51. The number of nitrogens with one attached hydrogen (secondary N) is 1. The van der Waals surface area contributed by atoms with Crippen LogP contribution in [0, 0.1) is 0 Å². The van der Waals surface area contributed by atoms with Gasteiger partial charge in [-0.25, -0.2) is 9.59 Å². The average molecular weight is 229 g/mol. The zero-order valence-electron chi connectivity index (χ0n) is 10.4. The van der Waals surface area contributed by atoms with Gasteiger partial charge in [-0.15, -0.1) is 0 Å². The van der Waals surface area contributed by atoms with Crippen molar-refractivity contribution in [2.45, 2.75) is 58.3 Å². The molecule has 1 atom stereocenters. The molecule has 1 aliphatic rings. The summed E-state index contributed by atoms with van der Waals surface area (Å²) in [4.78, 5) is 22.8. The molecule has 1 N–H and O–H groups in total. The molecule has 1 saturated heterocycles. The summed E-state index contributed by atoms with van der Waals surface area (Å²) < 4.78 is 10.1. The number of carbonyl (C=O) groups excluding carboxylic acids is 2. The Bertz CT molecular complexity index is 304. The maximum Gasteiger partial charge on any atom is 0.408 e. The molecule has 1 fully saturated rings. The number of hydrogen-bond donors (Lipinski definition) is 1. The number of cyclic esters (lactones) is 1. The van der Waals surface area contributed by atoms with E-state index in [-0.39, 0.29) is 0 Å². The van der Waals surface area contributed by atoms with Gasteiger partial charge in [0.25, 0.3) is 0 Å². The minimum Gasteiger partial charge on any atom is -0.458 e. The Morgan fingerprint density at radius 1 is 1.50 bits per heavy atom. The highest BCUT2D eigenvalue weighted by Crippen LogP contribution is 2.25. The molecule has 1 heterocycles. The lowest BCUT2D eigenvalue weighted by atomic mass is 10.0. The highest BCUT2D eigenvalue weighted by Gasteiger charge is 2.41. The molecule has 0 bridgehead atoms. The quantitative estimate of drug-likeness (QED) is 0.694. The first-order chi connectivity index (χ1) is 7.09. The van der Waals surface area contributed by atoms with Gasteiger partial charge in [0.1, 0.15) is 17.2 Å². The number of hydrogen-bond acceptors (Lipinski definition) is 4. The molecule has 0 spiro atoms. The topological polar surface area (TPSA) is 64.6 Å². The van der Waals surface area contributed by atoms with E-state index >= 15 is 0 Å². The van der Waals surface area contributed by atoms with Crippen molar-refractivity contribution in [2.24, 2.45) is 0 Å². The number of rotatable bonds is 1. The van der Waals surface area contributed by atoms with Crippen LogP contribution in [0.15, 0.2) is 0 Å². The van der Waals surface area contributed by atoms with E-state index < -0.39 is 29.3 Å². The molecule has 0 aromatic rings. The van der Waals surface area contributed by atoms with Crippen LogP contribution in [0.4, 0.5) is 4.79 Å². The van der Waals surface area contributed by atoms with Gasteiger partial charge in [-0.2, -0.15) is 0 Å². The monoisotopic (exact) mass is 229 g/mol. The lowest BCUT2D eigenvalue weighted by Gasteiger charge is -2.20. The van der Waals surface area contributed by atoms with Gasteiger partial charge in [0, 0.05) is 6.42 Å². The minimum absolute atomic E-state index is 0.407. The normalized spacial score (nSPS) is 23.8. The predicted octanol–water partition coefficient (Wildman–Crippen LogP) is 1.61. The van der Waals surface area contributed by atoms with E-state index in [4.69, 9.17) is 9.47 Å². The Morgan fingerprint density at radius 2 is 2.06 bits per heavy atom. The van der Waals surface area contributed by atoms with Crippen molar-refractivity contribution in [1.82, 2.24) is 5.32 Å². The Kier molecular flexibility index (Phi) is 3.17. The fraction of sp³-hybridized carbons (Fsp3) is 0.818. The van der Waals surface area contributed by atoms with Crippen LogP contribution in [0.3, 0.4) is 0 Å². The van der Waals surface area contributed by atoms with Gasteiger partial charge in [-0.05, 0) is 34.6 Å². The molecule has 1 aliphatic heterocycles. The van der Waals surface area contributed by atoms with Crippen LogP contribution in [0.5, 0.6) is 0 Å². The maximum atomic E-state index is 11.4. The lowest BCUT2D eigenvalue weighted by molar-refractivity contribution is -0.147. The highest BCUT2D eigenvalue weighted by molar-refractivity contribution is 5.83. The molecule has 92 valence electrons. The summed E-state index contributed by atoms with van der Waals surface area (Å²) in [5.41, 5.74) is -1.08. The summed E-state index contributed by atoms with van der Waals surface area (Å²) >= 11 is 0. The number of carbonyl (C=O) groups is 2. The molecule has 1 amide bonds. The Labute approximate surface area is 95.5 Å². The summed E-state index contributed by atoms with van der Waals surface area (Å²) in [7, 11) is 0. The molecule has 5 heteroatoms. The molecule has 0 aromatic carbocycles. The van der Waals surface area contributed by atoms with Gasteiger partial charge in [0.05, 0.1) is 0 Å². The predicted molar refractivity (Wildman–Crippen MR) is 57.9 cm³/mol. The standard InChI is InChI=1S/C11H19NO4/c1-10(2,3)16-9(14)12-7-6-11(4,5)15-8(7)13/h7H,6H2,1-5H3,(H,12,14)/t7-/m1/s1. The van der Waals surface area contributed by atoms with Gasteiger partial charge in [0.2, 0.25) is 0 Å². The van der Waals surface area contributed by atoms with E-state index in [0.717, 1.165) is 0 Å². The highest BCUT2D eigenvalue weighted by atomic mass is 16.6. The molecular formula is C11H19NO4. The van der Waals surface area contributed by atoms with Crippen molar-refractivity contribution in [1.29, 1.82) is 0 Å². The number of amides is 1. The van der Waals surface area contributed by atoms with E-state index in [1.807, 2.05) is 13.8 Å². The largest absolute Gasteiger partial charge is 0.458 e. The van der Waals surface area contributed by atoms with E-state index in [9.17, 15) is 9.59 Å². The van der Waals surface area contributed by atoms with E-state index in [2.05, 4.69) is 5.32 Å². The summed E-state index contributed by atoms with van der Waals surface area (Å²) in [6, 6.07) is -0.607. The molecule has 16 heavy (non-hydrogen) atoms. The summed E-state index contributed by atoms with van der Waals surface area (Å²) in [5.74, 6) is -0.407. The Balaban J connectivity index is 2.50. The summed E-state index contributed by atoms with van der Waals surface area (Å²) in [6.45, 7) is 8.92. The van der Waals surface area contributed by atoms with Crippen molar-refractivity contribution in [3.8, 4) is 0 Å². The zero-order chi connectivity index (χ0) is 12.6. The van der Waals surface area contributed by atoms with E-state index in [1.165, 1.54) is 0 Å². The van der Waals surface area contributed by atoms with Crippen LogP contribution in [-0.4, -0.2) is 29.3 Å². The third-order valence-corrected chi connectivity index (χ3v) is 2.05. The molecule has 0 unspecified atom stereocenters. The van der Waals surface area contributed by atoms with Crippen LogP contribution in [0.1, 0.15) is 41.0 Å². The number of alkyl carbamates (subject to hydrolysis) is 1. The maximum absolute atomic E-state index is 11.4. The lowest BCUT2D eigenvalue weighted by Crippen LogP contribution is -2.41. The van der Waals surface area contributed by atoms with Crippen LogP contribution >= 0.6 is 0 Å². The van der Waals surface area contributed by atoms with Crippen LogP contribution in [-0.2, 0) is 14.3 Å². The molecule has 5 nitrogen and oxygen atoms in total. The van der Waals surface area contributed by atoms with Gasteiger partial charge >= 0.3 is 12.1 Å². The first kappa shape index (κ1) is 12.8. The van der Waals surface area contributed by atoms with Crippen LogP contribution in [0.25, 0.3) is 0 Å². The Hall–Kier alpha value is -1.26. The second-order valence-electron chi connectivity index (χ2n) is 5.58. The first-order valence-corrected chi connectivity index (χ1v) is 5.31. The van der Waals surface area contributed by atoms with Crippen LogP contribution in [0.2, 0.25) is 0 Å². The molecule has 0 radical (unpaired) electrons. The molecule has 1 rings (SSSR count). The molecule has 0 aromatic heterocycles. The van der Waals surface area contributed by atoms with Crippen molar-refractivity contribution >= 4 is 12.1 Å². The second-order valence-corrected chi connectivity index (χ2v) is 5.58. The molecular weight excluding hydrogens is 210 g/mol.